The normalized spacial score (nSPS) is 19.6. The molecule has 2 rings (SSSR count). The Labute approximate surface area is 124 Å². The number of nitrogens with one attached hydrogen (secondary N) is 1. The molecule has 110 valence electrons. The monoisotopic (exact) mass is 297 g/mol. The van der Waals surface area contributed by atoms with Crippen LogP contribution in [0, 0.1) is 5.92 Å². The van der Waals surface area contributed by atoms with E-state index in [1.54, 1.807) is 6.07 Å². The molecule has 1 amide bonds. The van der Waals surface area contributed by atoms with Crippen molar-refractivity contribution >= 4 is 17.5 Å². The van der Waals surface area contributed by atoms with E-state index < -0.39 is 0 Å². The predicted molar refractivity (Wildman–Crippen MR) is 78.1 cm³/mol. The lowest BCUT2D eigenvalue weighted by molar-refractivity contribution is -0.125. The zero-order valence-corrected chi connectivity index (χ0v) is 12.4. The van der Waals surface area contributed by atoms with Crippen molar-refractivity contribution in [1.29, 1.82) is 0 Å². The summed E-state index contributed by atoms with van der Waals surface area (Å²) >= 11 is 6.06. The van der Waals surface area contributed by atoms with Gasteiger partial charge >= 0.3 is 0 Å². The third-order valence-electron chi connectivity index (χ3n) is 3.39. The number of benzene rings is 1. The van der Waals surface area contributed by atoms with Crippen LogP contribution in [0.3, 0.4) is 0 Å². The minimum Gasteiger partial charge on any atom is -0.487 e. The van der Waals surface area contributed by atoms with E-state index in [4.69, 9.17) is 21.1 Å². The Morgan fingerprint density at radius 1 is 1.55 bits per heavy atom. The molecule has 1 aliphatic rings. The van der Waals surface area contributed by atoms with Crippen LogP contribution in [0.2, 0.25) is 5.02 Å². The number of carbonyl (C=O) groups is 1. The van der Waals surface area contributed by atoms with Crippen LogP contribution in [0.1, 0.15) is 19.8 Å². The fourth-order valence-electron chi connectivity index (χ4n) is 2.09. The van der Waals surface area contributed by atoms with Gasteiger partial charge in [0.1, 0.15) is 11.9 Å². The fourth-order valence-corrected chi connectivity index (χ4v) is 2.27. The summed E-state index contributed by atoms with van der Waals surface area (Å²) in [4.78, 5) is 11.9. The molecule has 20 heavy (non-hydrogen) atoms. The standard InChI is InChI=1S/C15H20ClNO3/c1-2-12(20-14-6-4-3-5-13(14)16)9-17-15(18)11-7-8-19-10-11/h3-6,11-12H,2,7-10H2,1H3,(H,17,18)/t11-,12+/m0/s1. The Balaban J connectivity index is 1.83. The first-order chi connectivity index (χ1) is 9.70. The van der Waals surface area contributed by atoms with E-state index in [1.807, 2.05) is 25.1 Å². The molecule has 0 radical (unpaired) electrons. The second-order valence-corrected chi connectivity index (χ2v) is 5.29. The fraction of sp³-hybridized carbons (Fsp3) is 0.533. The number of halogens is 1. The van der Waals surface area contributed by atoms with E-state index in [0.29, 0.717) is 30.5 Å². The highest BCUT2D eigenvalue weighted by molar-refractivity contribution is 6.32. The quantitative estimate of drug-likeness (QED) is 0.878. The van der Waals surface area contributed by atoms with Gasteiger partial charge in [0, 0.05) is 6.61 Å². The van der Waals surface area contributed by atoms with Gasteiger partial charge in [-0.05, 0) is 25.0 Å². The average molecular weight is 298 g/mol. The topological polar surface area (TPSA) is 47.6 Å². The van der Waals surface area contributed by atoms with Crippen molar-refractivity contribution in [2.24, 2.45) is 5.92 Å². The van der Waals surface area contributed by atoms with E-state index in [0.717, 1.165) is 12.8 Å². The maximum atomic E-state index is 11.9. The molecule has 1 saturated heterocycles. The molecule has 2 atom stereocenters. The Morgan fingerprint density at radius 2 is 2.35 bits per heavy atom. The van der Waals surface area contributed by atoms with Crippen LogP contribution in [-0.2, 0) is 9.53 Å². The number of amides is 1. The van der Waals surface area contributed by atoms with Crippen molar-refractivity contribution in [2.45, 2.75) is 25.9 Å². The molecule has 0 aliphatic carbocycles. The number of carbonyl (C=O) groups excluding carboxylic acids is 1. The smallest absolute Gasteiger partial charge is 0.225 e. The lowest BCUT2D eigenvalue weighted by Gasteiger charge is -2.19. The van der Waals surface area contributed by atoms with Crippen LogP contribution in [0.25, 0.3) is 0 Å². The van der Waals surface area contributed by atoms with E-state index in [1.165, 1.54) is 0 Å². The molecular formula is C15H20ClNO3. The molecule has 1 N–H and O–H groups in total. The van der Waals surface area contributed by atoms with Crippen LogP contribution in [0.4, 0.5) is 0 Å². The molecule has 5 heteroatoms. The predicted octanol–water partition coefficient (Wildman–Crippen LogP) is 2.65. The van der Waals surface area contributed by atoms with E-state index in [2.05, 4.69) is 5.32 Å². The van der Waals surface area contributed by atoms with Crippen molar-refractivity contribution in [3.63, 3.8) is 0 Å². The molecule has 0 saturated carbocycles. The summed E-state index contributed by atoms with van der Waals surface area (Å²) in [6, 6.07) is 7.36. The van der Waals surface area contributed by atoms with Gasteiger partial charge in [-0.1, -0.05) is 30.7 Å². The maximum absolute atomic E-state index is 11.9. The number of hydrogen-bond acceptors (Lipinski definition) is 3. The zero-order chi connectivity index (χ0) is 14.4. The summed E-state index contributed by atoms with van der Waals surface area (Å²) in [7, 11) is 0. The molecule has 1 aliphatic heterocycles. The zero-order valence-electron chi connectivity index (χ0n) is 11.6. The summed E-state index contributed by atoms with van der Waals surface area (Å²) < 4.78 is 11.0. The molecule has 1 fully saturated rings. The summed E-state index contributed by atoms with van der Waals surface area (Å²) in [5.41, 5.74) is 0. The molecule has 1 heterocycles. The Bertz CT molecular complexity index is 446. The second-order valence-electron chi connectivity index (χ2n) is 4.88. The minimum atomic E-state index is -0.0822. The number of hydrogen-bond donors (Lipinski definition) is 1. The van der Waals surface area contributed by atoms with Gasteiger partial charge in [0.2, 0.25) is 5.91 Å². The largest absolute Gasteiger partial charge is 0.487 e. The Hall–Kier alpha value is -1.26. The highest BCUT2D eigenvalue weighted by Crippen LogP contribution is 2.24. The molecule has 0 bridgehead atoms. The minimum absolute atomic E-state index is 0.0205. The molecule has 1 aromatic rings. The van der Waals surface area contributed by atoms with Crippen LogP contribution in [0.5, 0.6) is 5.75 Å². The third kappa shape index (κ3) is 4.12. The van der Waals surface area contributed by atoms with Gasteiger partial charge in [0.05, 0.1) is 24.1 Å². The highest BCUT2D eigenvalue weighted by Gasteiger charge is 2.24. The van der Waals surface area contributed by atoms with E-state index >= 15 is 0 Å². The van der Waals surface area contributed by atoms with E-state index in [-0.39, 0.29) is 17.9 Å². The summed E-state index contributed by atoms with van der Waals surface area (Å²) in [5, 5.41) is 3.51. The molecule has 0 aromatic heterocycles. The van der Waals surface area contributed by atoms with Gasteiger partial charge in [-0.3, -0.25) is 4.79 Å². The number of rotatable bonds is 6. The van der Waals surface area contributed by atoms with Crippen molar-refractivity contribution in [1.82, 2.24) is 5.32 Å². The maximum Gasteiger partial charge on any atom is 0.225 e. The van der Waals surface area contributed by atoms with Crippen LogP contribution >= 0.6 is 11.6 Å². The Morgan fingerprint density at radius 3 is 3.00 bits per heavy atom. The van der Waals surface area contributed by atoms with Gasteiger partial charge < -0.3 is 14.8 Å². The first-order valence-corrected chi connectivity index (χ1v) is 7.35. The Kier molecular flexibility index (Phi) is 5.68. The van der Waals surface area contributed by atoms with Crippen molar-refractivity contribution in [3.05, 3.63) is 29.3 Å². The molecule has 4 nitrogen and oxygen atoms in total. The van der Waals surface area contributed by atoms with E-state index in [9.17, 15) is 4.79 Å². The number of para-hydroxylation sites is 1. The average Bonchev–Trinajstić information content (AvgIpc) is 2.99. The van der Waals surface area contributed by atoms with Gasteiger partial charge in [0.15, 0.2) is 0 Å². The second kappa shape index (κ2) is 7.50. The van der Waals surface area contributed by atoms with Crippen LogP contribution in [-0.4, -0.2) is 31.8 Å². The van der Waals surface area contributed by atoms with Crippen molar-refractivity contribution in [2.75, 3.05) is 19.8 Å². The first kappa shape index (κ1) is 15.1. The lowest BCUT2D eigenvalue weighted by Crippen LogP contribution is -2.38. The first-order valence-electron chi connectivity index (χ1n) is 6.97. The molecule has 0 unspecified atom stereocenters. The van der Waals surface area contributed by atoms with Gasteiger partial charge in [-0.15, -0.1) is 0 Å². The molecular weight excluding hydrogens is 278 g/mol. The van der Waals surface area contributed by atoms with Crippen LogP contribution < -0.4 is 10.1 Å². The summed E-state index contributed by atoms with van der Waals surface area (Å²) in [5.74, 6) is 0.677. The van der Waals surface area contributed by atoms with Crippen molar-refractivity contribution < 1.29 is 14.3 Å². The van der Waals surface area contributed by atoms with Gasteiger partial charge in [-0.25, -0.2) is 0 Å². The van der Waals surface area contributed by atoms with Crippen molar-refractivity contribution in [3.8, 4) is 5.75 Å². The van der Waals surface area contributed by atoms with Gasteiger partial charge in [0.25, 0.3) is 0 Å². The highest BCUT2D eigenvalue weighted by atomic mass is 35.5. The van der Waals surface area contributed by atoms with Gasteiger partial charge in [-0.2, -0.15) is 0 Å². The third-order valence-corrected chi connectivity index (χ3v) is 3.70. The summed E-state index contributed by atoms with van der Waals surface area (Å²) in [6.07, 6.45) is 1.52. The molecule has 1 aromatic carbocycles. The molecule has 0 spiro atoms. The van der Waals surface area contributed by atoms with Crippen LogP contribution in [0.15, 0.2) is 24.3 Å². The SMILES string of the molecule is CC[C@H](CNC(=O)[C@H]1CCOC1)Oc1ccccc1Cl. The lowest BCUT2D eigenvalue weighted by atomic mass is 10.1. The number of ether oxygens (including phenoxy) is 2. The summed E-state index contributed by atoms with van der Waals surface area (Å²) in [6.45, 7) is 3.70.